The molecule has 1 rings (SSSR count). The number of carbonyl (C=O) groups is 2. The molecule has 0 unspecified atom stereocenters. The fraction of sp³-hybridized carbons (Fsp3) is 0.833. The van der Waals surface area contributed by atoms with E-state index >= 15 is 0 Å². The molecular formula is C12H22N2O4. The molecule has 104 valence electrons. The van der Waals surface area contributed by atoms with E-state index in [2.05, 4.69) is 5.32 Å². The lowest BCUT2D eigenvalue weighted by atomic mass is 10.0. The van der Waals surface area contributed by atoms with Gasteiger partial charge in [-0.3, -0.25) is 4.79 Å². The number of nitrogens with zero attached hydrogens (tertiary/aromatic N) is 1. The van der Waals surface area contributed by atoms with Crippen LogP contribution < -0.4 is 5.32 Å². The Hall–Kier alpha value is -1.30. The normalized spacial score (nSPS) is 15.6. The zero-order valence-electron chi connectivity index (χ0n) is 11.0. The number of hydrogen-bond donors (Lipinski definition) is 2. The summed E-state index contributed by atoms with van der Waals surface area (Å²) in [6.45, 7) is 5.93. The van der Waals surface area contributed by atoms with Crippen LogP contribution in [0.2, 0.25) is 0 Å². The van der Waals surface area contributed by atoms with Crippen LogP contribution in [0.1, 0.15) is 26.7 Å². The minimum atomic E-state index is -0.829. The van der Waals surface area contributed by atoms with Gasteiger partial charge in [0.2, 0.25) is 0 Å². The Bertz CT molecular complexity index is 288. The third-order valence-electron chi connectivity index (χ3n) is 2.82. The second-order valence-corrected chi connectivity index (χ2v) is 4.80. The van der Waals surface area contributed by atoms with Gasteiger partial charge in [-0.2, -0.15) is 0 Å². The van der Waals surface area contributed by atoms with E-state index in [4.69, 9.17) is 9.84 Å². The standard InChI is InChI=1S/C12H22N2O4/c1-9(2)18-6-4-3-5-13-12(17)14-7-10(8-14)11(15)16/h9-10H,3-8H2,1-2H3,(H,13,17)(H,15,16). The monoisotopic (exact) mass is 258 g/mol. The zero-order chi connectivity index (χ0) is 13.5. The van der Waals surface area contributed by atoms with Crippen LogP contribution >= 0.6 is 0 Å². The number of rotatable bonds is 7. The summed E-state index contributed by atoms with van der Waals surface area (Å²) in [5, 5.41) is 11.4. The quantitative estimate of drug-likeness (QED) is 0.665. The Labute approximate surface area is 107 Å². The molecule has 0 spiro atoms. The summed E-state index contributed by atoms with van der Waals surface area (Å²) in [5.41, 5.74) is 0. The number of amides is 2. The first-order valence-corrected chi connectivity index (χ1v) is 6.38. The Morgan fingerprint density at radius 3 is 2.61 bits per heavy atom. The Kier molecular flexibility index (Phi) is 5.91. The van der Waals surface area contributed by atoms with E-state index in [1.807, 2.05) is 13.8 Å². The highest BCUT2D eigenvalue weighted by molar-refractivity contribution is 5.79. The summed E-state index contributed by atoms with van der Waals surface area (Å²) in [7, 11) is 0. The number of urea groups is 1. The van der Waals surface area contributed by atoms with Gasteiger partial charge in [-0.05, 0) is 26.7 Å². The van der Waals surface area contributed by atoms with Crippen molar-refractivity contribution in [2.75, 3.05) is 26.2 Å². The van der Waals surface area contributed by atoms with Gasteiger partial charge >= 0.3 is 12.0 Å². The van der Waals surface area contributed by atoms with E-state index in [1.54, 1.807) is 0 Å². The Morgan fingerprint density at radius 1 is 1.39 bits per heavy atom. The number of carbonyl (C=O) groups excluding carboxylic acids is 1. The second kappa shape index (κ2) is 7.20. The molecule has 0 radical (unpaired) electrons. The van der Waals surface area contributed by atoms with Crippen LogP contribution in [0.25, 0.3) is 0 Å². The highest BCUT2D eigenvalue weighted by Crippen LogP contribution is 2.15. The van der Waals surface area contributed by atoms with Crippen molar-refractivity contribution in [2.24, 2.45) is 5.92 Å². The SMILES string of the molecule is CC(C)OCCCCNC(=O)N1CC(C(=O)O)C1. The van der Waals surface area contributed by atoms with Crippen LogP contribution in [-0.4, -0.2) is 54.4 Å². The summed E-state index contributed by atoms with van der Waals surface area (Å²) < 4.78 is 5.38. The van der Waals surface area contributed by atoms with Crippen molar-refractivity contribution in [2.45, 2.75) is 32.8 Å². The fourth-order valence-corrected chi connectivity index (χ4v) is 1.65. The molecule has 0 aromatic rings. The first-order valence-electron chi connectivity index (χ1n) is 6.38. The van der Waals surface area contributed by atoms with Crippen LogP contribution in [0.4, 0.5) is 4.79 Å². The third-order valence-corrected chi connectivity index (χ3v) is 2.82. The lowest BCUT2D eigenvalue weighted by molar-refractivity contribution is -0.146. The van der Waals surface area contributed by atoms with Gasteiger partial charge in [-0.25, -0.2) is 4.79 Å². The lowest BCUT2D eigenvalue weighted by Crippen LogP contribution is -2.56. The molecule has 1 saturated heterocycles. The topological polar surface area (TPSA) is 78.9 Å². The van der Waals surface area contributed by atoms with Crippen LogP contribution in [0.15, 0.2) is 0 Å². The Morgan fingerprint density at radius 2 is 2.06 bits per heavy atom. The largest absolute Gasteiger partial charge is 0.481 e. The van der Waals surface area contributed by atoms with E-state index in [9.17, 15) is 9.59 Å². The highest BCUT2D eigenvalue weighted by atomic mass is 16.5. The van der Waals surface area contributed by atoms with E-state index in [-0.39, 0.29) is 12.1 Å². The maximum absolute atomic E-state index is 11.5. The second-order valence-electron chi connectivity index (χ2n) is 4.80. The molecule has 1 aliphatic rings. The van der Waals surface area contributed by atoms with Crippen molar-refractivity contribution in [3.8, 4) is 0 Å². The number of nitrogens with one attached hydrogen (secondary N) is 1. The molecule has 0 bridgehead atoms. The molecule has 0 saturated carbocycles. The molecule has 1 fully saturated rings. The van der Waals surface area contributed by atoms with Crippen molar-refractivity contribution in [1.82, 2.24) is 10.2 Å². The maximum Gasteiger partial charge on any atom is 0.317 e. The number of aliphatic carboxylic acids is 1. The molecule has 2 N–H and O–H groups in total. The zero-order valence-corrected chi connectivity index (χ0v) is 11.0. The van der Waals surface area contributed by atoms with Crippen LogP contribution in [0.3, 0.4) is 0 Å². The Balaban J connectivity index is 1.97. The molecule has 18 heavy (non-hydrogen) atoms. The molecule has 2 amide bonds. The first kappa shape index (κ1) is 14.8. The number of carboxylic acids is 1. The van der Waals surface area contributed by atoms with Gasteiger partial charge in [0.1, 0.15) is 0 Å². The van der Waals surface area contributed by atoms with E-state index < -0.39 is 11.9 Å². The molecule has 1 heterocycles. The number of unbranched alkanes of at least 4 members (excludes halogenated alkanes) is 1. The van der Waals surface area contributed by atoms with Gasteiger partial charge in [0, 0.05) is 26.2 Å². The highest BCUT2D eigenvalue weighted by Gasteiger charge is 2.35. The molecule has 6 heteroatoms. The summed E-state index contributed by atoms with van der Waals surface area (Å²) in [6.07, 6.45) is 2.03. The predicted molar refractivity (Wildman–Crippen MR) is 66.4 cm³/mol. The van der Waals surface area contributed by atoms with E-state index in [1.165, 1.54) is 4.90 Å². The van der Waals surface area contributed by atoms with Gasteiger partial charge < -0.3 is 20.1 Å². The average Bonchev–Trinajstić information content (AvgIpc) is 2.19. The van der Waals surface area contributed by atoms with Crippen molar-refractivity contribution in [3.63, 3.8) is 0 Å². The maximum atomic E-state index is 11.5. The molecule has 0 aliphatic carbocycles. The van der Waals surface area contributed by atoms with Gasteiger partial charge in [0.15, 0.2) is 0 Å². The smallest absolute Gasteiger partial charge is 0.317 e. The van der Waals surface area contributed by atoms with Crippen molar-refractivity contribution in [3.05, 3.63) is 0 Å². The lowest BCUT2D eigenvalue weighted by Gasteiger charge is -2.36. The van der Waals surface area contributed by atoms with Crippen molar-refractivity contribution in [1.29, 1.82) is 0 Å². The molecule has 0 atom stereocenters. The molecule has 0 aromatic heterocycles. The third kappa shape index (κ3) is 4.91. The summed E-state index contributed by atoms with van der Waals surface area (Å²) in [6, 6.07) is -0.169. The minimum absolute atomic E-state index is 0.169. The van der Waals surface area contributed by atoms with Crippen LogP contribution in [-0.2, 0) is 9.53 Å². The summed E-state index contributed by atoms with van der Waals surface area (Å²) in [4.78, 5) is 23.6. The number of carboxylic acid groups (broad SMARTS) is 1. The molecule has 0 aromatic carbocycles. The fourth-order valence-electron chi connectivity index (χ4n) is 1.65. The van der Waals surface area contributed by atoms with E-state index in [0.29, 0.717) is 26.2 Å². The number of hydrogen-bond acceptors (Lipinski definition) is 3. The van der Waals surface area contributed by atoms with Crippen molar-refractivity contribution >= 4 is 12.0 Å². The number of likely N-dealkylation sites (tertiary alicyclic amines) is 1. The van der Waals surface area contributed by atoms with Gasteiger partial charge in [0.25, 0.3) is 0 Å². The van der Waals surface area contributed by atoms with Gasteiger partial charge in [-0.1, -0.05) is 0 Å². The average molecular weight is 258 g/mol. The van der Waals surface area contributed by atoms with Crippen LogP contribution in [0, 0.1) is 5.92 Å². The van der Waals surface area contributed by atoms with E-state index in [0.717, 1.165) is 12.8 Å². The summed E-state index contributed by atoms with van der Waals surface area (Å²) in [5.74, 6) is -1.22. The number of ether oxygens (including phenoxy) is 1. The van der Waals surface area contributed by atoms with Crippen LogP contribution in [0.5, 0.6) is 0 Å². The molecule has 1 aliphatic heterocycles. The first-order chi connectivity index (χ1) is 8.50. The molecular weight excluding hydrogens is 236 g/mol. The minimum Gasteiger partial charge on any atom is -0.481 e. The molecule has 6 nitrogen and oxygen atoms in total. The van der Waals surface area contributed by atoms with Gasteiger partial charge in [0.05, 0.1) is 12.0 Å². The van der Waals surface area contributed by atoms with Gasteiger partial charge in [-0.15, -0.1) is 0 Å². The van der Waals surface area contributed by atoms with Crippen molar-refractivity contribution < 1.29 is 19.4 Å². The predicted octanol–water partition coefficient (Wildman–Crippen LogP) is 0.918. The summed E-state index contributed by atoms with van der Waals surface area (Å²) >= 11 is 0.